The van der Waals surface area contributed by atoms with E-state index in [1.165, 1.54) is 0 Å². The van der Waals surface area contributed by atoms with Crippen LogP contribution in [0.5, 0.6) is 0 Å². The second-order valence-corrected chi connectivity index (χ2v) is 3.74. The molecule has 0 aliphatic rings. The molecule has 0 aromatic heterocycles. The van der Waals surface area contributed by atoms with Crippen molar-refractivity contribution in [2.45, 2.75) is 32.2 Å². The molecule has 5 nitrogen and oxygen atoms in total. The van der Waals surface area contributed by atoms with Crippen LogP contribution in [-0.4, -0.2) is 50.5 Å². The minimum absolute atomic E-state index is 0.0140. The van der Waals surface area contributed by atoms with E-state index in [1.807, 2.05) is 6.92 Å². The van der Waals surface area contributed by atoms with E-state index in [1.54, 1.807) is 7.11 Å². The Bertz CT molecular complexity index is 177. The molecule has 0 fully saturated rings. The molecule has 5 heteroatoms. The molecule has 0 heterocycles. The third-order valence-electron chi connectivity index (χ3n) is 2.25. The number of ether oxygens (including phenoxy) is 1. The lowest BCUT2D eigenvalue weighted by molar-refractivity contribution is -0.122. The van der Waals surface area contributed by atoms with E-state index in [0.29, 0.717) is 13.2 Å². The Balaban J connectivity index is 3.42. The van der Waals surface area contributed by atoms with Crippen molar-refractivity contribution in [3.63, 3.8) is 0 Å². The number of amides is 1. The molecule has 1 atom stereocenters. The van der Waals surface area contributed by atoms with E-state index in [4.69, 9.17) is 9.84 Å². The molecule has 1 amide bonds. The summed E-state index contributed by atoms with van der Waals surface area (Å²) in [6, 6.07) is -0.179. The lowest BCUT2D eigenvalue weighted by atomic mass is 10.2. The van der Waals surface area contributed by atoms with Crippen molar-refractivity contribution in [2.24, 2.45) is 0 Å². The van der Waals surface area contributed by atoms with E-state index in [2.05, 4.69) is 10.6 Å². The van der Waals surface area contributed by atoms with Gasteiger partial charge in [-0.3, -0.25) is 4.79 Å². The number of aliphatic hydroxyl groups excluding tert-OH is 1. The minimum atomic E-state index is -0.179. The molecule has 0 aromatic carbocycles. The summed E-state index contributed by atoms with van der Waals surface area (Å²) in [5.74, 6) is 0.0140. The van der Waals surface area contributed by atoms with Crippen LogP contribution in [0.4, 0.5) is 0 Å². The SMILES string of the molecule is COCCCNC(=O)C(C)NCCCCO. The molecule has 0 saturated heterocycles. The molecule has 3 N–H and O–H groups in total. The first-order chi connectivity index (χ1) is 7.72. The van der Waals surface area contributed by atoms with Gasteiger partial charge >= 0.3 is 0 Å². The zero-order valence-electron chi connectivity index (χ0n) is 10.3. The topological polar surface area (TPSA) is 70.6 Å². The van der Waals surface area contributed by atoms with Gasteiger partial charge < -0.3 is 20.5 Å². The first-order valence-corrected chi connectivity index (χ1v) is 5.83. The summed E-state index contributed by atoms with van der Waals surface area (Å²) in [5.41, 5.74) is 0. The number of carbonyl (C=O) groups excluding carboxylic acids is 1. The number of hydrogen-bond acceptors (Lipinski definition) is 4. The Morgan fingerprint density at radius 2 is 2.06 bits per heavy atom. The molecule has 1 unspecified atom stereocenters. The van der Waals surface area contributed by atoms with Gasteiger partial charge in [0.25, 0.3) is 0 Å². The number of carbonyl (C=O) groups is 1. The highest BCUT2D eigenvalue weighted by atomic mass is 16.5. The quantitative estimate of drug-likeness (QED) is 0.460. The number of hydrogen-bond donors (Lipinski definition) is 3. The molecule has 0 rings (SSSR count). The second-order valence-electron chi connectivity index (χ2n) is 3.74. The van der Waals surface area contributed by atoms with Gasteiger partial charge in [0, 0.05) is 26.9 Å². The van der Waals surface area contributed by atoms with E-state index in [0.717, 1.165) is 25.8 Å². The van der Waals surface area contributed by atoms with Crippen molar-refractivity contribution in [1.29, 1.82) is 0 Å². The molecule has 0 spiro atoms. The molecule has 0 aromatic rings. The van der Waals surface area contributed by atoms with E-state index in [9.17, 15) is 4.79 Å². The van der Waals surface area contributed by atoms with Gasteiger partial charge in [0.05, 0.1) is 6.04 Å². The van der Waals surface area contributed by atoms with Crippen LogP contribution < -0.4 is 10.6 Å². The van der Waals surface area contributed by atoms with Crippen molar-refractivity contribution >= 4 is 5.91 Å². The molecular formula is C11H24N2O3. The van der Waals surface area contributed by atoms with Crippen molar-refractivity contribution in [1.82, 2.24) is 10.6 Å². The lowest BCUT2D eigenvalue weighted by Gasteiger charge is -2.13. The third-order valence-corrected chi connectivity index (χ3v) is 2.25. The summed E-state index contributed by atoms with van der Waals surface area (Å²) in [5, 5.41) is 14.5. The van der Waals surface area contributed by atoms with E-state index < -0.39 is 0 Å². The maximum Gasteiger partial charge on any atom is 0.236 e. The zero-order chi connectivity index (χ0) is 12.2. The predicted molar refractivity (Wildman–Crippen MR) is 63.3 cm³/mol. The average molecular weight is 232 g/mol. The van der Waals surface area contributed by atoms with Crippen molar-refractivity contribution in [2.75, 3.05) is 33.4 Å². The Morgan fingerprint density at radius 1 is 1.31 bits per heavy atom. The highest BCUT2D eigenvalue weighted by Crippen LogP contribution is 1.88. The number of aliphatic hydroxyl groups is 1. The number of nitrogens with one attached hydrogen (secondary N) is 2. The van der Waals surface area contributed by atoms with Crippen LogP contribution in [0.3, 0.4) is 0 Å². The Morgan fingerprint density at radius 3 is 2.69 bits per heavy atom. The van der Waals surface area contributed by atoms with Crippen molar-refractivity contribution in [3.05, 3.63) is 0 Å². The molecule has 0 aliphatic carbocycles. The van der Waals surface area contributed by atoms with Crippen LogP contribution in [-0.2, 0) is 9.53 Å². The van der Waals surface area contributed by atoms with Crippen LogP contribution in [0.1, 0.15) is 26.2 Å². The van der Waals surface area contributed by atoms with Gasteiger partial charge in [-0.05, 0) is 32.7 Å². The maximum atomic E-state index is 11.5. The van der Waals surface area contributed by atoms with Gasteiger partial charge in [0.15, 0.2) is 0 Å². The van der Waals surface area contributed by atoms with Crippen LogP contribution in [0.15, 0.2) is 0 Å². The normalized spacial score (nSPS) is 12.4. The minimum Gasteiger partial charge on any atom is -0.396 e. The second kappa shape index (κ2) is 10.9. The first-order valence-electron chi connectivity index (χ1n) is 5.83. The first kappa shape index (κ1) is 15.3. The van der Waals surface area contributed by atoms with Gasteiger partial charge in [0.1, 0.15) is 0 Å². The summed E-state index contributed by atoms with van der Waals surface area (Å²) in [7, 11) is 1.65. The van der Waals surface area contributed by atoms with Gasteiger partial charge in [0.2, 0.25) is 5.91 Å². The molecule has 0 saturated carbocycles. The molecule has 96 valence electrons. The lowest BCUT2D eigenvalue weighted by Crippen LogP contribution is -2.42. The fourth-order valence-corrected chi connectivity index (χ4v) is 1.23. The largest absolute Gasteiger partial charge is 0.396 e. The molecule has 0 aliphatic heterocycles. The summed E-state index contributed by atoms with van der Waals surface area (Å²) in [6.45, 7) is 4.12. The fourth-order valence-electron chi connectivity index (χ4n) is 1.23. The Kier molecular flexibility index (Phi) is 10.4. The summed E-state index contributed by atoms with van der Waals surface area (Å²) < 4.78 is 4.89. The highest BCUT2D eigenvalue weighted by molar-refractivity contribution is 5.81. The molecular weight excluding hydrogens is 208 g/mol. The maximum absolute atomic E-state index is 11.5. The van der Waals surface area contributed by atoms with Gasteiger partial charge in [-0.15, -0.1) is 0 Å². The van der Waals surface area contributed by atoms with Gasteiger partial charge in [-0.2, -0.15) is 0 Å². The standard InChI is InChI=1S/C11H24N2O3/c1-10(12-6-3-4-8-14)11(15)13-7-5-9-16-2/h10,12,14H,3-9H2,1-2H3,(H,13,15). The zero-order valence-corrected chi connectivity index (χ0v) is 10.3. The third kappa shape index (κ3) is 8.64. The number of unbranched alkanes of at least 4 members (excludes halogenated alkanes) is 1. The van der Waals surface area contributed by atoms with E-state index >= 15 is 0 Å². The summed E-state index contributed by atoms with van der Waals surface area (Å²) in [6.07, 6.45) is 2.49. The average Bonchev–Trinajstić information content (AvgIpc) is 2.29. The monoisotopic (exact) mass is 232 g/mol. The predicted octanol–water partition coefficient (Wildman–Crippen LogP) is -0.110. The number of methoxy groups -OCH3 is 1. The smallest absolute Gasteiger partial charge is 0.236 e. The van der Waals surface area contributed by atoms with E-state index in [-0.39, 0.29) is 18.6 Å². The Hall–Kier alpha value is -0.650. The van der Waals surface area contributed by atoms with Crippen LogP contribution >= 0.6 is 0 Å². The summed E-state index contributed by atoms with van der Waals surface area (Å²) >= 11 is 0. The van der Waals surface area contributed by atoms with Gasteiger partial charge in [-0.25, -0.2) is 0 Å². The molecule has 0 bridgehead atoms. The Labute approximate surface area is 97.6 Å². The van der Waals surface area contributed by atoms with Gasteiger partial charge in [-0.1, -0.05) is 0 Å². The van der Waals surface area contributed by atoms with Crippen LogP contribution in [0, 0.1) is 0 Å². The fraction of sp³-hybridized carbons (Fsp3) is 0.909. The van der Waals surface area contributed by atoms with Crippen LogP contribution in [0.2, 0.25) is 0 Å². The number of rotatable bonds is 10. The van der Waals surface area contributed by atoms with Crippen molar-refractivity contribution in [3.8, 4) is 0 Å². The molecule has 16 heavy (non-hydrogen) atoms. The highest BCUT2D eigenvalue weighted by Gasteiger charge is 2.10. The molecule has 0 radical (unpaired) electrons. The van der Waals surface area contributed by atoms with Crippen molar-refractivity contribution < 1.29 is 14.6 Å². The summed E-state index contributed by atoms with van der Waals surface area (Å²) in [4.78, 5) is 11.5. The van der Waals surface area contributed by atoms with Crippen LogP contribution in [0.25, 0.3) is 0 Å².